The van der Waals surface area contributed by atoms with Gasteiger partial charge in [-0.3, -0.25) is 0 Å². The summed E-state index contributed by atoms with van der Waals surface area (Å²) >= 11 is 0. The lowest BCUT2D eigenvalue weighted by molar-refractivity contribution is 0.293. The van der Waals surface area contributed by atoms with Gasteiger partial charge in [0.2, 0.25) is 0 Å². The molecule has 0 unspecified atom stereocenters. The Kier molecular flexibility index (Phi) is 12.2. The Labute approximate surface area is 276 Å². The van der Waals surface area contributed by atoms with E-state index in [9.17, 15) is 35.1 Å². The zero-order chi connectivity index (χ0) is 35.5. The van der Waals surface area contributed by atoms with Crippen LogP contribution in [0.3, 0.4) is 0 Å². The van der Waals surface area contributed by atoms with E-state index in [1.165, 1.54) is 24.3 Å². The number of nitrogens with zero attached hydrogens (tertiary/aromatic N) is 2. The Morgan fingerprint density at radius 1 is 0.388 bits per heavy atom. The number of hydrogen-bond donors (Lipinski definition) is 0. The van der Waals surface area contributed by atoms with E-state index in [1.54, 1.807) is 24.3 Å². The number of nitriles is 2. The summed E-state index contributed by atoms with van der Waals surface area (Å²) in [5.74, 6) is -4.14. The molecule has 0 heterocycles. The van der Waals surface area contributed by atoms with E-state index < -0.39 is 68.8 Å². The predicted octanol–water partition coefficient (Wildman–Crippen LogP) is 8.75. The molecular weight excluding hydrogens is 656 g/mol. The highest BCUT2D eigenvalue weighted by atomic mass is 19.2. The van der Waals surface area contributed by atoms with Gasteiger partial charge in [-0.1, -0.05) is 42.9 Å². The lowest BCUT2D eigenvalue weighted by Gasteiger charge is -2.07. The van der Waals surface area contributed by atoms with Crippen molar-refractivity contribution in [3.05, 3.63) is 128 Å². The number of benzene rings is 4. The smallest absolute Gasteiger partial charge is 0.181 e. The SMILES string of the molecule is N#Cc1c(F)c(F)c(C#Cc2ccc(OCCCCCCCOc3ccc(C#Cc4c(F)c(F)c(C#N)c(F)c4F)cc3)cc2)c(F)c1F. The van der Waals surface area contributed by atoms with Crippen molar-refractivity contribution in [1.29, 1.82) is 10.5 Å². The number of halogens is 8. The van der Waals surface area contributed by atoms with Crippen LogP contribution in [0.15, 0.2) is 48.5 Å². The van der Waals surface area contributed by atoms with Gasteiger partial charge in [0.1, 0.15) is 45.9 Å². The monoisotopic (exact) mass is 678 g/mol. The predicted molar refractivity (Wildman–Crippen MR) is 161 cm³/mol. The maximum atomic E-state index is 14.0. The summed E-state index contributed by atoms with van der Waals surface area (Å²) in [6.07, 6.45) is 4.24. The molecule has 0 aliphatic carbocycles. The standard InChI is InChI=1S/C37H22F8N2O2/c38-30-26(31(39)35(43)28(20-46)34(30)42)16-10-22-6-12-24(13-7-22)48-18-4-2-1-3-5-19-49-25-14-8-23(9-15-25)11-17-27-32(40)36(44)29(21-47)37(45)33(27)41/h6-9,12-15H,1-5,18-19H2. The second-order valence-electron chi connectivity index (χ2n) is 10.2. The van der Waals surface area contributed by atoms with Crippen molar-refractivity contribution in [2.75, 3.05) is 13.2 Å². The van der Waals surface area contributed by atoms with Crippen molar-refractivity contribution in [1.82, 2.24) is 0 Å². The molecule has 0 atom stereocenters. The summed E-state index contributed by atoms with van der Waals surface area (Å²) in [6, 6.07) is 14.6. The Morgan fingerprint density at radius 2 is 0.673 bits per heavy atom. The fourth-order valence-corrected chi connectivity index (χ4v) is 4.33. The van der Waals surface area contributed by atoms with Gasteiger partial charge in [0.25, 0.3) is 0 Å². The minimum Gasteiger partial charge on any atom is -0.494 e. The third-order valence-electron chi connectivity index (χ3n) is 6.95. The van der Waals surface area contributed by atoms with Gasteiger partial charge in [0, 0.05) is 11.1 Å². The molecule has 0 radical (unpaired) electrons. The Hall–Kier alpha value is -5.98. The fourth-order valence-electron chi connectivity index (χ4n) is 4.33. The van der Waals surface area contributed by atoms with Gasteiger partial charge in [-0.25, -0.2) is 35.1 Å². The largest absolute Gasteiger partial charge is 0.494 e. The molecule has 49 heavy (non-hydrogen) atoms. The molecule has 0 amide bonds. The number of hydrogen-bond acceptors (Lipinski definition) is 4. The Balaban J connectivity index is 1.14. The van der Waals surface area contributed by atoms with E-state index in [1.807, 2.05) is 0 Å². The highest BCUT2D eigenvalue weighted by Crippen LogP contribution is 2.25. The van der Waals surface area contributed by atoms with Crippen LogP contribution in [-0.4, -0.2) is 13.2 Å². The van der Waals surface area contributed by atoms with Crippen LogP contribution in [0.25, 0.3) is 0 Å². The molecule has 4 aromatic carbocycles. The average molecular weight is 679 g/mol. The highest BCUT2D eigenvalue weighted by Gasteiger charge is 2.25. The fraction of sp³-hybridized carbons (Fsp3) is 0.189. The molecule has 0 N–H and O–H groups in total. The zero-order valence-corrected chi connectivity index (χ0v) is 25.3. The molecule has 248 valence electrons. The van der Waals surface area contributed by atoms with Gasteiger partial charge in [0.05, 0.1) is 13.2 Å². The maximum absolute atomic E-state index is 14.0. The third kappa shape index (κ3) is 8.69. The van der Waals surface area contributed by atoms with Gasteiger partial charge in [0.15, 0.2) is 46.5 Å². The first-order chi connectivity index (χ1) is 23.6. The van der Waals surface area contributed by atoms with Crippen molar-refractivity contribution < 1.29 is 44.6 Å². The quantitative estimate of drug-likeness (QED) is 0.0729. The number of ether oxygens (including phenoxy) is 2. The van der Waals surface area contributed by atoms with Crippen LogP contribution in [0.5, 0.6) is 11.5 Å². The summed E-state index contributed by atoms with van der Waals surface area (Å²) < 4.78 is 123. The first-order valence-electron chi connectivity index (χ1n) is 14.6. The molecule has 0 spiro atoms. The van der Waals surface area contributed by atoms with Crippen LogP contribution >= 0.6 is 0 Å². The number of unbranched alkanes of at least 4 members (excludes halogenated alkanes) is 4. The minimum atomic E-state index is -1.81. The molecule has 0 aromatic heterocycles. The van der Waals surface area contributed by atoms with E-state index in [0.29, 0.717) is 35.8 Å². The van der Waals surface area contributed by atoms with Gasteiger partial charge < -0.3 is 9.47 Å². The highest BCUT2D eigenvalue weighted by molar-refractivity contribution is 5.50. The summed E-state index contributed by atoms with van der Waals surface area (Å²) in [5, 5.41) is 17.3. The maximum Gasteiger partial charge on any atom is 0.181 e. The van der Waals surface area contributed by atoms with Crippen molar-refractivity contribution in [2.45, 2.75) is 32.1 Å². The molecular formula is C37H22F8N2O2. The molecule has 0 fully saturated rings. The molecule has 4 aromatic rings. The third-order valence-corrected chi connectivity index (χ3v) is 6.95. The average Bonchev–Trinajstić information content (AvgIpc) is 3.11. The van der Waals surface area contributed by atoms with Crippen LogP contribution < -0.4 is 9.47 Å². The minimum absolute atomic E-state index is 0.312. The van der Waals surface area contributed by atoms with E-state index in [4.69, 9.17) is 20.0 Å². The summed E-state index contributed by atoms with van der Waals surface area (Å²) in [4.78, 5) is 0. The molecule has 0 bridgehead atoms. The van der Waals surface area contributed by atoms with Crippen molar-refractivity contribution >= 4 is 0 Å². The summed E-state index contributed by atoms with van der Waals surface area (Å²) in [5.41, 5.74) is -4.31. The van der Waals surface area contributed by atoms with Crippen molar-refractivity contribution in [3.63, 3.8) is 0 Å². The lowest BCUT2D eigenvalue weighted by Crippen LogP contribution is -2.04. The first-order valence-corrected chi connectivity index (χ1v) is 14.6. The van der Waals surface area contributed by atoms with Crippen LogP contribution in [0.2, 0.25) is 0 Å². The zero-order valence-electron chi connectivity index (χ0n) is 25.3. The Morgan fingerprint density at radius 3 is 0.980 bits per heavy atom. The normalized spacial score (nSPS) is 10.2. The molecule has 0 aliphatic rings. The lowest BCUT2D eigenvalue weighted by atomic mass is 10.1. The van der Waals surface area contributed by atoms with E-state index in [2.05, 4.69) is 23.7 Å². The molecule has 0 saturated heterocycles. The van der Waals surface area contributed by atoms with Crippen molar-refractivity contribution in [2.24, 2.45) is 0 Å². The van der Waals surface area contributed by atoms with Crippen LogP contribution in [0.1, 0.15) is 65.5 Å². The van der Waals surface area contributed by atoms with Crippen LogP contribution in [-0.2, 0) is 0 Å². The molecule has 4 rings (SSSR count). The van der Waals surface area contributed by atoms with Crippen LogP contribution in [0.4, 0.5) is 35.1 Å². The van der Waals surface area contributed by atoms with Gasteiger partial charge in [-0.15, -0.1) is 0 Å². The molecule has 0 saturated carbocycles. The van der Waals surface area contributed by atoms with Gasteiger partial charge in [-0.2, -0.15) is 10.5 Å². The van der Waals surface area contributed by atoms with Crippen molar-refractivity contribution in [3.8, 4) is 47.3 Å². The molecule has 0 aliphatic heterocycles. The summed E-state index contributed by atoms with van der Waals surface area (Å²) in [6.45, 7) is 0.872. The second kappa shape index (κ2) is 16.7. The van der Waals surface area contributed by atoms with E-state index in [0.717, 1.165) is 44.2 Å². The molecule has 4 nitrogen and oxygen atoms in total. The van der Waals surface area contributed by atoms with Gasteiger partial charge in [-0.05, 0) is 61.4 Å². The summed E-state index contributed by atoms with van der Waals surface area (Å²) in [7, 11) is 0. The Bertz CT molecular complexity index is 1850. The van der Waals surface area contributed by atoms with E-state index in [-0.39, 0.29) is 0 Å². The first kappa shape index (κ1) is 35.9. The van der Waals surface area contributed by atoms with Gasteiger partial charge >= 0.3 is 0 Å². The van der Waals surface area contributed by atoms with Crippen LogP contribution in [0, 0.1) is 92.9 Å². The topological polar surface area (TPSA) is 66.0 Å². The van der Waals surface area contributed by atoms with E-state index >= 15 is 0 Å². The molecule has 12 heteroatoms. The number of rotatable bonds is 10. The second-order valence-corrected chi connectivity index (χ2v) is 10.2.